The van der Waals surface area contributed by atoms with E-state index in [1.807, 2.05) is 12.1 Å². The van der Waals surface area contributed by atoms with Crippen LogP contribution in [0.25, 0.3) is 0 Å². The topological polar surface area (TPSA) is 38.5 Å². The van der Waals surface area contributed by atoms with Gasteiger partial charge in [0.05, 0.1) is 13.2 Å². The van der Waals surface area contributed by atoms with Crippen LogP contribution in [-0.2, 0) is 0 Å². The first-order valence-corrected chi connectivity index (χ1v) is 7.54. The third-order valence-electron chi connectivity index (χ3n) is 4.61. The number of methoxy groups -OCH3 is 1. The lowest BCUT2D eigenvalue weighted by Gasteiger charge is -2.31. The molecule has 0 radical (unpaired) electrons. The van der Waals surface area contributed by atoms with Crippen molar-refractivity contribution in [3.63, 3.8) is 0 Å². The van der Waals surface area contributed by atoms with Crippen LogP contribution in [0.2, 0.25) is 0 Å². The Kier molecular flexibility index (Phi) is 4.71. The Hall–Kier alpha value is -1.06. The molecule has 1 aliphatic rings. The van der Waals surface area contributed by atoms with Crippen molar-refractivity contribution < 1.29 is 4.74 Å². The summed E-state index contributed by atoms with van der Waals surface area (Å²) >= 11 is 0. The molecule has 0 bridgehead atoms. The number of hydrogen-bond donors (Lipinski definition) is 1. The van der Waals surface area contributed by atoms with Gasteiger partial charge in [-0.25, -0.2) is 0 Å². The van der Waals surface area contributed by atoms with Crippen LogP contribution in [-0.4, -0.2) is 31.6 Å². The van der Waals surface area contributed by atoms with Crippen molar-refractivity contribution in [1.82, 2.24) is 4.90 Å². The molecule has 0 amide bonds. The lowest BCUT2D eigenvalue weighted by Crippen LogP contribution is -2.33. The summed E-state index contributed by atoms with van der Waals surface area (Å²) in [4.78, 5) is 2.52. The molecule has 0 aliphatic carbocycles. The lowest BCUT2D eigenvalue weighted by atomic mass is 9.80. The average Bonchev–Trinajstić information content (AvgIpc) is 2.90. The van der Waals surface area contributed by atoms with Gasteiger partial charge in [0.2, 0.25) is 0 Å². The van der Waals surface area contributed by atoms with Gasteiger partial charge in [-0.3, -0.25) is 4.90 Å². The van der Waals surface area contributed by atoms with Gasteiger partial charge < -0.3 is 10.5 Å². The van der Waals surface area contributed by atoms with Crippen molar-refractivity contribution in [2.24, 2.45) is 17.1 Å². The monoisotopic (exact) mass is 276 g/mol. The number of rotatable bonds is 4. The van der Waals surface area contributed by atoms with Gasteiger partial charge in [-0.15, -0.1) is 0 Å². The van der Waals surface area contributed by atoms with Crippen LogP contribution in [0.3, 0.4) is 0 Å². The Morgan fingerprint density at radius 1 is 1.35 bits per heavy atom. The fourth-order valence-corrected chi connectivity index (χ4v) is 3.19. The number of nitrogens with zero attached hydrogens (tertiary/aromatic N) is 1. The highest BCUT2D eigenvalue weighted by Gasteiger charge is 2.35. The maximum Gasteiger partial charge on any atom is 0.123 e. The van der Waals surface area contributed by atoms with Crippen molar-refractivity contribution in [3.05, 3.63) is 29.8 Å². The van der Waals surface area contributed by atoms with E-state index in [9.17, 15) is 0 Å². The molecule has 3 nitrogen and oxygen atoms in total. The summed E-state index contributed by atoms with van der Waals surface area (Å²) in [7, 11) is 1.73. The van der Waals surface area contributed by atoms with Gasteiger partial charge in [-0.2, -0.15) is 0 Å². The van der Waals surface area contributed by atoms with E-state index in [4.69, 9.17) is 10.5 Å². The van der Waals surface area contributed by atoms with Gasteiger partial charge in [-0.05, 0) is 30.4 Å². The molecule has 1 aromatic rings. The molecule has 2 unspecified atom stereocenters. The molecule has 2 N–H and O–H groups in total. The predicted molar refractivity (Wildman–Crippen MR) is 83.9 cm³/mol. The number of likely N-dealkylation sites (tertiary alicyclic amines) is 1. The first kappa shape index (κ1) is 15.3. The minimum Gasteiger partial charge on any atom is -0.496 e. The second kappa shape index (κ2) is 6.15. The molecule has 3 heteroatoms. The molecular weight excluding hydrogens is 248 g/mol. The summed E-state index contributed by atoms with van der Waals surface area (Å²) in [6.07, 6.45) is 1.26. The first-order chi connectivity index (χ1) is 9.47. The van der Waals surface area contributed by atoms with E-state index >= 15 is 0 Å². The van der Waals surface area contributed by atoms with E-state index in [0.717, 1.165) is 24.8 Å². The summed E-state index contributed by atoms with van der Waals surface area (Å²) in [5, 5.41) is 0. The number of nitrogens with two attached hydrogens (primary N) is 1. The number of hydrogen-bond acceptors (Lipinski definition) is 3. The molecular formula is C17H28N2O. The van der Waals surface area contributed by atoms with Crippen LogP contribution in [0.5, 0.6) is 5.75 Å². The highest BCUT2D eigenvalue weighted by atomic mass is 16.5. The Labute approximate surface area is 123 Å². The molecule has 0 spiro atoms. The predicted octanol–water partition coefficient (Wildman–Crippen LogP) is 3.06. The summed E-state index contributed by atoms with van der Waals surface area (Å²) in [6, 6.07) is 8.50. The molecule has 0 aromatic heterocycles. The highest BCUT2D eigenvalue weighted by molar-refractivity contribution is 5.36. The van der Waals surface area contributed by atoms with Gasteiger partial charge in [0, 0.05) is 18.7 Å². The van der Waals surface area contributed by atoms with Crippen molar-refractivity contribution in [2.75, 3.05) is 26.7 Å². The molecule has 2 rings (SSSR count). The van der Waals surface area contributed by atoms with E-state index < -0.39 is 0 Å². The summed E-state index contributed by atoms with van der Waals surface area (Å²) < 4.78 is 5.50. The number of benzene rings is 1. The molecule has 0 saturated carbocycles. The van der Waals surface area contributed by atoms with Crippen LogP contribution in [0.1, 0.15) is 38.8 Å². The maximum absolute atomic E-state index is 6.07. The van der Waals surface area contributed by atoms with Gasteiger partial charge in [-0.1, -0.05) is 39.0 Å². The van der Waals surface area contributed by atoms with E-state index in [1.165, 1.54) is 12.0 Å². The van der Waals surface area contributed by atoms with E-state index in [2.05, 4.69) is 37.8 Å². The van der Waals surface area contributed by atoms with Crippen LogP contribution in [0, 0.1) is 11.3 Å². The molecule has 20 heavy (non-hydrogen) atoms. The van der Waals surface area contributed by atoms with Crippen molar-refractivity contribution >= 4 is 0 Å². The Morgan fingerprint density at radius 2 is 2.05 bits per heavy atom. The quantitative estimate of drug-likeness (QED) is 0.918. The molecule has 112 valence electrons. The van der Waals surface area contributed by atoms with Gasteiger partial charge in [0.15, 0.2) is 0 Å². The minimum atomic E-state index is 0.262. The Morgan fingerprint density at radius 3 is 2.60 bits per heavy atom. The zero-order valence-electron chi connectivity index (χ0n) is 13.2. The van der Waals surface area contributed by atoms with Crippen molar-refractivity contribution in [1.29, 1.82) is 0 Å². The van der Waals surface area contributed by atoms with Crippen molar-refractivity contribution in [2.45, 2.75) is 33.2 Å². The highest BCUT2D eigenvalue weighted by Crippen LogP contribution is 2.38. The molecule has 1 aliphatic heterocycles. The second-order valence-electron chi connectivity index (χ2n) is 6.84. The standard InChI is InChI=1S/C17H28N2O/c1-17(2,3)13-9-10-19(12-13)15(11-18)14-7-5-6-8-16(14)20-4/h5-8,13,15H,9-12,18H2,1-4H3. The zero-order valence-corrected chi connectivity index (χ0v) is 13.2. The molecule has 1 fully saturated rings. The average molecular weight is 276 g/mol. The van der Waals surface area contributed by atoms with Crippen LogP contribution < -0.4 is 10.5 Å². The molecule has 2 atom stereocenters. The maximum atomic E-state index is 6.07. The summed E-state index contributed by atoms with van der Waals surface area (Å²) in [5.74, 6) is 1.69. The van der Waals surface area contributed by atoms with Gasteiger partial charge in [0.25, 0.3) is 0 Å². The van der Waals surface area contributed by atoms with E-state index in [0.29, 0.717) is 12.0 Å². The van der Waals surface area contributed by atoms with Crippen LogP contribution in [0.4, 0.5) is 0 Å². The van der Waals surface area contributed by atoms with E-state index in [1.54, 1.807) is 7.11 Å². The smallest absolute Gasteiger partial charge is 0.123 e. The SMILES string of the molecule is COc1ccccc1C(CN)N1CCC(C(C)(C)C)C1. The van der Waals surface area contributed by atoms with Gasteiger partial charge >= 0.3 is 0 Å². The van der Waals surface area contributed by atoms with Gasteiger partial charge in [0.1, 0.15) is 5.75 Å². The first-order valence-electron chi connectivity index (χ1n) is 7.54. The van der Waals surface area contributed by atoms with Crippen LogP contribution in [0.15, 0.2) is 24.3 Å². The zero-order chi connectivity index (χ0) is 14.8. The Balaban J connectivity index is 2.18. The third-order valence-corrected chi connectivity index (χ3v) is 4.61. The third kappa shape index (κ3) is 3.15. The lowest BCUT2D eigenvalue weighted by molar-refractivity contribution is 0.195. The van der Waals surface area contributed by atoms with Crippen molar-refractivity contribution in [3.8, 4) is 5.75 Å². The van der Waals surface area contributed by atoms with E-state index in [-0.39, 0.29) is 6.04 Å². The second-order valence-corrected chi connectivity index (χ2v) is 6.84. The molecule has 1 saturated heterocycles. The number of ether oxygens (including phenoxy) is 1. The fraction of sp³-hybridized carbons (Fsp3) is 0.647. The van der Waals surface area contributed by atoms with Crippen LogP contribution >= 0.6 is 0 Å². The summed E-state index contributed by atoms with van der Waals surface area (Å²) in [6.45, 7) is 9.90. The molecule has 1 aromatic carbocycles. The fourth-order valence-electron chi connectivity index (χ4n) is 3.19. The minimum absolute atomic E-state index is 0.262. The number of para-hydroxylation sites is 1. The molecule has 1 heterocycles. The Bertz CT molecular complexity index is 439. The summed E-state index contributed by atoms with van der Waals surface area (Å²) in [5.41, 5.74) is 7.65. The largest absolute Gasteiger partial charge is 0.496 e. The normalized spacial score (nSPS) is 21.9.